The Morgan fingerprint density at radius 3 is 2.33 bits per heavy atom. The van der Waals surface area contributed by atoms with E-state index >= 15 is 0 Å². The van der Waals surface area contributed by atoms with Crippen LogP contribution in [-0.2, 0) is 9.09 Å². The maximum absolute atomic E-state index is 11.0. The summed E-state index contributed by atoms with van der Waals surface area (Å²) in [6, 6.07) is 0. The second kappa shape index (κ2) is 3.66. The number of nitriles is 1. The largest absolute Gasteiger partial charge is 0.319 e. The molecule has 0 aliphatic heterocycles. The van der Waals surface area contributed by atoms with Gasteiger partial charge in [0.2, 0.25) is 0 Å². The molecule has 0 heterocycles. The lowest BCUT2D eigenvalue weighted by molar-refractivity contribution is 0.342. The Morgan fingerprint density at radius 2 is 2.22 bits per heavy atom. The summed E-state index contributed by atoms with van der Waals surface area (Å²) in [6.07, 6.45) is 0.303. The van der Waals surface area contributed by atoms with Crippen LogP contribution in [-0.4, -0.2) is 12.8 Å². The molecule has 9 heavy (non-hydrogen) atoms. The summed E-state index contributed by atoms with van der Waals surface area (Å²) in [5, 5.41) is 8.28. The normalized spacial score (nSPS) is 16.1. The molecule has 0 saturated carbocycles. The van der Waals surface area contributed by atoms with E-state index in [1.165, 1.54) is 0 Å². The van der Waals surface area contributed by atoms with Crippen molar-refractivity contribution in [3.05, 3.63) is 0 Å². The Morgan fingerprint density at radius 1 is 1.67 bits per heavy atom. The molecule has 0 radical (unpaired) electrons. The number of hydrogen-bond donors (Lipinski definition) is 0. The molecule has 0 saturated heterocycles. The van der Waals surface area contributed by atoms with E-state index in [9.17, 15) is 4.57 Å². The highest BCUT2D eigenvalue weighted by Crippen LogP contribution is 2.44. The highest BCUT2D eigenvalue weighted by atomic mass is 31.2. The molecule has 0 N–H and O–H groups in total. The van der Waals surface area contributed by atoms with E-state index < -0.39 is 7.37 Å². The van der Waals surface area contributed by atoms with Crippen molar-refractivity contribution in [1.29, 1.82) is 5.26 Å². The zero-order valence-corrected chi connectivity index (χ0v) is 6.52. The third kappa shape index (κ3) is 2.64. The van der Waals surface area contributed by atoms with Crippen molar-refractivity contribution in [1.82, 2.24) is 0 Å². The lowest BCUT2D eigenvalue weighted by Crippen LogP contribution is -1.88. The molecule has 0 bridgehead atoms. The Balaban J connectivity index is 3.99. The first-order chi connectivity index (χ1) is 4.18. The van der Waals surface area contributed by atoms with Crippen molar-refractivity contribution in [2.24, 2.45) is 0 Å². The first-order valence-corrected chi connectivity index (χ1v) is 4.64. The SMILES string of the molecule is CCO[P@](=O)(C#N)CC. The average molecular weight is 147 g/mol. The van der Waals surface area contributed by atoms with E-state index in [2.05, 4.69) is 0 Å². The van der Waals surface area contributed by atoms with Gasteiger partial charge in [0.1, 0.15) is 0 Å². The van der Waals surface area contributed by atoms with Crippen LogP contribution in [0.25, 0.3) is 0 Å². The van der Waals surface area contributed by atoms with Gasteiger partial charge in [-0.05, 0) is 6.92 Å². The van der Waals surface area contributed by atoms with Crippen LogP contribution in [0.4, 0.5) is 0 Å². The number of nitrogens with zero attached hydrogens (tertiary/aromatic N) is 1. The van der Waals surface area contributed by atoms with Crippen LogP contribution in [0.2, 0.25) is 0 Å². The van der Waals surface area contributed by atoms with Gasteiger partial charge >= 0.3 is 0 Å². The lowest BCUT2D eigenvalue weighted by Gasteiger charge is -2.04. The molecule has 0 aromatic rings. The summed E-state index contributed by atoms with van der Waals surface area (Å²) in [5.41, 5.74) is 0. The van der Waals surface area contributed by atoms with Crippen molar-refractivity contribution in [2.45, 2.75) is 13.8 Å². The maximum atomic E-state index is 11.0. The first-order valence-electron chi connectivity index (χ1n) is 2.83. The van der Waals surface area contributed by atoms with E-state index in [1.54, 1.807) is 19.7 Å². The van der Waals surface area contributed by atoms with Gasteiger partial charge in [0.25, 0.3) is 7.37 Å². The Kier molecular flexibility index (Phi) is 3.53. The molecule has 0 aromatic carbocycles. The molecule has 4 heteroatoms. The molecule has 3 nitrogen and oxygen atoms in total. The maximum Gasteiger partial charge on any atom is 0.299 e. The summed E-state index contributed by atoms with van der Waals surface area (Å²) in [5.74, 6) is 1.66. The van der Waals surface area contributed by atoms with E-state index in [0.29, 0.717) is 12.8 Å². The van der Waals surface area contributed by atoms with Crippen LogP contribution in [0.1, 0.15) is 13.8 Å². The van der Waals surface area contributed by atoms with Crippen molar-refractivity contribution in [3.8, 4) is 5.81 Å². The predicted molar refractivity (Wildman–Crippen MR) is 35.4 cm³/mol. The van der Waals surface area contributed by atoms with Crippen LogP contribution in [0.5, 0.6) is 0 Å². The van der Waals surface area contributed by atoms with Crippen molar-refractivity contribution < 1.29 is 9.09 Å². The fourth-order valence-electron chi connectivity index (χ4n) is 0.399. The van der Waals surface area contributed by atoms with Gasteiger partial charge < -0.3 is 4.52 Å². The fraction of sp³-hybridized carbons (Fsp3) is 0.800. The minimum absolute atomic E-state index is 0.303. The minimum Gasteiger partial charge on any atom is -0.319 e. The zero-order chi connectivity index (χ0) is 7.33. The van der Waals surface area contributed by atoms with Crippen LogP contribution in [0.3, 0.4) is 0 Å². The van der Waals surface area contributed by atoms with Gasteiger partial charge in [-0.3, -0.25) is 4.57 Å². The van der Waals surface area contributed by atoms with E-state index in [-0.39, 0.29) is 0 Å². The average Bonchev–Trinajstić information content (AvgIpc) is 1.89. The van der Waals surface area contributed by atoms with Crippen molar-refractivity contribution in [2.75, 3.05) is 12.8 Å². The monoisotopic (exact) mass is 147 g/mol. The summed E-state index contributed by atoms with van der Waals surface area (Å²) in [6.45, 7) is 3.75. The van der Waals surface area contributed by atoms with E-state index in [1.807, 2.05) is 0 Å². The highest BCUT2D eigenvalue weighted by molar-refractivity contribution is 7.63. The molecule has 0 aliphatic rings. The summed E-state index contributed by atoms with van der Waals surface area (Å²) < 4.78 is 15.7. The van der Waals surface area contributed by atoms with Gasteiger partial charge in [-0.2, -0.15) is 5.26 Å². The smallest absolute Gasteiger partial charge is 0.299 e. The molecule has 0 aromatic heterocycles. The quantitative estimate of drug-likeness (QED) is 0.572. The third-order valence-corrected chi connectivity index (χ3v) is 2.72. The third-order valence-electron chi connectivity index (χ3n) is 0.906. The van der Waals surface area contributed by atoms with Gasteiger partial charge in [-0.25, -0.2) is 0 Å². The number of rotatable bonds is 3. The van der Waals surface area contributed by atoms with E-state index in [4.69, 9.17) is 9.79 Å². The minimum atomic E-state index is -2.88. The van der Waals surface area contributed by atoms with Gasteiger partial charge in [-0.1, -0.05) is 6.92 Å². The Hall–Kier alpha value is -0.320. The Bertz CT molecular complexity index is 161. The number of hydrogen-bond acceptors (Lipinski definition) is 3. The predicted octanol–water partition coefficient (Wildman–Crippen LogP) is 1.80. The van der Waals surface area contributed by atoms with Crippen molar-refractivity contribution >= 4 is 7.37 Å². The molecule has 1 atom stereocenters. The summed E-state index contributed by atoms with van der Waals surface area (Å²) in [7, 11) is -2.88. The van der Waals surface area contributed by atoms with Crippen LogP contribution in [0, 0.1) is 11.1 Å². The van der Waals surface area contributed by atoms with Crippen LogP contribution >= 0.6 is 7.37 Å². The molecule has 0 aliphatic carbocycles. The molecule has 0 rings (SSSR count). The van der Waals surface area contributed by atoms with Crippen LogP contribution in [0.15, 0.2) is 0 Å². The van der Waals surface area contributed by atoms with Gasteiger partial charge in [-0.15, -0.1) is 0 Å². The van der Waals surface area contributed by atoms with Gasteiger partial charge in [0, 0.05) is 6.16 Å². The van der Waals surface area contributed by atoms with Gasteiger partial charge in [0.05, 0.1) is 6.61 Å². The molecule has 0 amide bonds. The molecular weight excluding hydrogens is 137 g/mol. The van der Waals surface area contributed by atoms with E-state index in [0.717, 1.165) is 0 Å². The topological polar surface area (TPSA) is 50.1 Å². The van der Waals surface area contributed by atoms with Crippen LogP contribution < -0.4 is 0 Å². The zero-order valence-electron chi connectivity index (χ0n) is 5.63. The van der Waals surface area contributed by atoms with Gasteiger partial charge in [0.15, 0.2) is 5.81 Å². The summed E-state index contributed by atoms with van der Waals surface area (Å²) >= 11 is 0. The highest BCUT2D eigenvalue weighted by Gasteiger charge is 2.17. The first kappa shape index (κ1) is 8.68. The molecule has 52 valence electrons. The second-order valence-corrected chi connectivity index (χ2v) is 3.94. The molecule has 0 unspecified atom stereocenters. The summed E-state index contributed by atoms with van der Waals surface area (Å²) in [4.78, 5) is 0. The lowest BCUT2D eigenvalue weighted by atomic mass is 10.9. The molecule has 0 spiro atoms. The molecular formula is C5H10NO2P. The fourth-order valence-corrected chi connectivity index (χ4v) is 1.20. The van der Waals surface area contributed by atoms with Crippen molar-refractivity contribution in [3.63, 3.8) is 0 Å². The standard InChI is InChI=1S/C5H10NO2P/c1-3-8-9(7,4-2)5-6/h3-4H2,1-2H3/t9-/m0/s1. The molecule has 0 fully saturated rings. The Labute approximate surface area is 55.1 Å². The second-order valence-electron chi connectivity index (χ2n) is 1.51.